The van der Waals surface area contributed by atoms with Gasteiger partial charge in [-0.25, -0.2) is 0 Å². The van der Waals surface area contributed by atoms with E-state index in [4.69, 9.17) is 31.6 Å². The molecule has 0 atom stereocenters. The summed E-state index contributed by atoms with van der Waals surface area (Å²) in [4.78, 5) is 6.19. The van der Waals surface area contributed by atoms with Crippen LogP contribution in [-0.4, -0.2) is 73.3 Å². The van der Waals surface area contributed by atoms with Gasteiger partial charge in [0.2, 0.25) is 0 Å². The summed E-state index contributed by atoms with van der Waals surface area (Å²) >= 11 is 0. The van der Waals surface area contributed by atoms with Gasteiger partial charge in [-0.15, -0.1) is 0 Å². The predicted octanol–water partition coefficient (Wildman–Crippen LogP) is -3.85. The Balaban J connectivity index is -0.0000000720. The van der Waals surface area contributed by atoms with Crippen molar-refractivity contribution in [1.82, 2.24) is 0 Å². The molecular formula is C6H9FeKN6O4. The van der Waals surface area contributed by atoms with Crippen LogP contribution in [0.25, 0.3) is 0 Å². The zero-order valence-electron chi connectivity index (χ0n) is 8.04. The first kappa shape index (κ1) is 36.0. The Morgan fingerprint density at radius 3 is 0.556 bits per heavy atom. The zero-order chi connectivity index (χ0) is 10.7. The molecule has 10 nitrogen and oxygen atoms in total. The van der Waals surface area contributed by atoms with Gasteiger partial charge in [0.05, 0.1) is 0 Å². The topological polar surface area (TPSA) is 269 Å². The molecule has 0 fully saturated rings. The number of nitriles is 6. The van der Waals surface area contributed by atoms with Gasteiger partial charge in [-0.3, -0.25) is 0 Å². The molecule has 0 amide bonds. The fourth-order valence-corrected chi connectivity index (χ4v) is 1.09. The average molecular weight is 324 g/mol. The molecule has 8 N–H and O–H groups in total. The zero-order valence-corrected chi connectivity index (χ0v) is 9.14. The first-order valence-corrected chi connectivity index (χ1v) is 5.71. The fourth-order valence-electron chi connectivity index (χ4n) is 0.265. The van der Waals surface area contributed by atoms with Crippen molar-refractivity contribution in [2.75, 3.05) is 0 Å². The molecule has 0 rings (SSSR count). The Hall–Kier alpha value is -1.06. The van der Waals surface area contributed by atoms with E-state index >= 15 is 0 Å². The number of nitrogens with zero attached hydrogens (tertiary/aromatic N) is 6. The third-order valence-corrected chi connectivity index (χ3v) is 4.89. The summed E-state index contributed by atoms with van der Waals surface area (Å²) in [6, 6.07) is 0. The Bertz CT molecular complexity index is 406. The van der Waals surface area contributed by atoms with E-state index in [9.17, 15) is 0 Å². The van der Waals surface area contributed by atoms with Crippen LogP contribution in [0, 0.1) is 61.4 Å². The summed E-state index contributed by atoms with van der Waals surface area (Å²) in [5.74, 6) is 0. The number of hydrogen-bond acceptors (Lipinski definition) is 6. The molecule has 18 heavy (non-hydrogen) atoms. The molecule has 0 aromatic heterocycles. The Morgan fingerprint density at radius 1 is 0.444 bits per heavy atom. The van der Waals surface area contributed by atoms with Gasteiger partial charge in [-0.2, -0.15) is 0 Å². The second-order valence-electron chi connectivity index (χ2n) is 1.80. The normalized spacial score (nSPS) is 9.67. The van der Waals surface area contributed by atoms with E-state index in [0.717, 1.165) is 29.8 Å². The summed E-state index contributed by atoms with van der Waals surface area (Å²) in [6.07, 6.45) is 0. The van der Waals surface area contributed by atoms with Gasteiger partial charge < -0.3 is 21.9 Å². The molecule has 0 spiro atoms. The second kappa shape index (κ2) is 8.94. The number of hydrogen-bond donors (Lipinski definition) is 0. The van der Waals surface area contributed by atoms with E-state index in [1.165, 1.54) is 0 Å². The van der Waals surface area contributed by atoms with Crippen molar-refractivity contribution in [3.8, 4) is 29.8 Å². The molecule has 0 aromatic rings. The van der Waals surface area contributed by atoms with Crippen LogP contribution < -0.4 is 0 Å². The van der Waals surface area contributed by atoms with Crippen molar-refractivity contribution in [2.45, 2.75) is 0 Å². The monoisotopic (exact) mass is 324 g/mol. The first-order chi connectivity index (χ1) is 5.97. The molecule has 96 valence electrons. The third-order valence-electron chi connectivity index (χ3n) is 1.19. The molecule has 0 radical (unpaired) electrons. The van der Waals surface area contributed by atoms with Gasteiger partial charge in [0, 0.05) is 0 Å². The number of rotatable bonds is 0. The summed E-state index contributed by atoms with van der Waals surface area (Å²) in [6.45, 7) is 0. The molecule has 0 bridgehead atoms. The van der Waals surface area contributed by atoms with E-state index < -0.39 is 10.7 Å². The summed E-state index contributed by atoms with van der Waals surface area (Å²) in [5.41, 5.74) is 0. The Labute approximate surface area is 143 Å². The van der Waals surface area contributed by atoms with Gasteiger partial charge >= 0.3 is 123 Å². The molecular weight excluding hydrogens is 315 g/mol. The van der Waals surface area contributed by atoms with Crippen LogP contribution in [0.1, 0.15) is 0 Å². The van der Waals surface area contributed by atoms with Crippen LogP contribution >= 0.6 is 0 Å². The second-order valence-corrected chi connectivity index (χ2v) is 7.42. The molecule has 0 aliphatic carbocycles. The Morgan fingerprint density at radius 2 is 0.556 bits per heavy atom. The third kappa shape index (κ3) is 3.46. The van der Waals surface area contributed by atoms with Crippen LogP contribution in [0.2, 0.25) is 0 Å². The van der Waals surface area contributed by atoms with Crippen molar-refractivity contribution in [1.29, 1.82) is 31.6 Å². The molecule has 0 saturated carbocycles. The van der Waals surface area contributed by atoms with E-state index in [1.54, 1.807) is 0 Å². The quantitative estimate of drug-likeness (QED) is 0.401. The minimum absolute atomic E-state index is 0. The van der Waals surface area contributed by atoms with E-state index in [-0.39, 0.29) is 73.3 Å². The van der Waals surface area contributed by atoms with Crippen molar-refractivity contribution < 1.29 is 32.6 Å². The maximum absolute atomic E-state index is 8.58. The summed E-state index contributed by atoms with van der Waals surface area (Å²) in [5, 5.41) is 51.5. The Kier molecular flexibility index (Phi) is 17.9. The molecule has 0 saturated heterocycles. The molecule has 0 aliphatic rings. The molecule has 0 unspecified atom stereocenters. The summed E-state index contributed by atoms with van der Waals surface area (Å²) < 4.78 is 0. The molecule has 0 heterocycles. The van der Waals surface area contributed by atoms with Crippen molar-refractivity contribution >= 4 is 51.4 Å². The van der Waals surface area contributed by atoms with Gasteiger partial charge in [-0.05, 0) is 0 Å². The van der Waals surface area contributed by atoms with E-state index in [2.05, 4.69) is 0 Å². The first-order valence-electron chi connectivity index (χ1n) is 2.40. The minimum atomic E-state index is -6.17. The molecule has 0 aromatic carbocycles. The van der Waals surface area contributed by atoms with Gasteiger partial charge in [-0.1, -0.05) is 0 Å². The van der Waals surface area contributed by atoms with Crippen LogP contribution in [0.5, 0.6) is 0 Å². The van der Waals surface area contributed by atoms with Gasteiger partial charge in [0.15, 0.2) is 0 Å². The average Bonchev–Trinajstić information content (AvgIpc) is 2.26. The van der Waals surface area contributed by atoms with Crippen molar-refractivity contribution in [3.05, 3.63) is 0 Å². The van der Waals surface area contributed by atoms with E-state index in [0.29, 0.717) is 0 Å². The fraction of sp³-hybridized carbons (Fsp3) is 0. The van der Waals surface area contributed by atoms with Gasteiger partial charge in [0.1, 0.15) is 0 Å². The standard InChI is InChI=1S/6CN.Fe.K.4H2O.H/c6*1-2;;;;;;;/h;;;;;;;;4*1H2;. The summed E-state index contributed by atoms with van der Waals surface area (Å²) in [7, 11) is -6.17. The molecule has 12 heteroatoms. The van der Waals surface area contributed by atoms with Gasteiger partial charge in [0.25, 0.3) is 0 Å². The van der Waals surface area contributed by atoms with E-state index in [1.807, 2.05) is 0 Å². The van der Waals surface area contributed by atoms with Crippen LogP contribution in [0.3, 0.4) is 0 Å². The SMILES string of the molecule is N#[C][Fe]([C]#N)([C]#N)([C]#N)([C]#N)[C]#N.O.O.O.O.[KH]. The van der Waals surface area contributed by atoms with Crippen LogP contribution in [0.4, 0.5) is 0 Å². The van der Waals surface area contributed by atoms with Crippen LogP contribution in [-0.2, 0) is 10.7 Å². The van der Waals surface area contributed by atoms with Crippen molar-refractivity contribution in [2.24, 2.45) is 0 Å². The van der Waals surface area contributed by atoms with Crippen molar-refractivity contribution in [3.63, 3.8) is 0 Å². The predicted molar refractivity (Wildman–Crippen MR) is 55.3 cm³/mol. The molecule has 0 aliphatic heterocycles. The maximum atomic E-state index is 8.58. The van der Waals surface area contributed by atoms with Crippen LogP contribution in [0.15, 0.2) is 0 Å².